The summed E-state index contributed by atoms with van der Waals surface area (Å²) in [5.41, 5.74) is 2.41. The van der Waals surface area contributed by atoms with E-state index in [9.17, 15) is 14.7 Å². The van der Waals surface area contributed by atoms with Gasteiger partial charge in [-0.2, -0.15) is 0 Å². The largest absolute Gasteiger partial charge is 0.508 e. The minimum atomic E-state index is -0.425. The zero-order valence-electron chi connectivity index (χ0n) is 13.9. The van der Waals surface area contributed by atoms with Crippen molar-refractivity contribution in [1.82, 2.24) is 0 Å². The second-order valence-electron chi connectivity index (χ2n) is 5.91. The van der Waals surface area contributed by atoms with Crippen LogP contribution in [0, 0.1) is 0 Å². The van der Waals surface area contributed by atoms with Crippen molar-refractivity contribution in [3.05, 3.63) is 70.9 Å². The Hall–Kier alpha value is -3.60. The summed E-state index contributed by atoms with van der Waals surface area (Å²) in [5, 5.41) is 10.5. The lowest BCUT2D eigenvalue weighted by Gasteiger charge is -2.17. The third-order valence-electron chi connectivity index (χ3n) is 4.09. The second kappa shape index (κ2) is 6.04. The Bertz CT molecular complexity index is 1170. The van der Waals surface area contributed by atoms with Crippen molar-refractivity contribution in [2.75, 3.05) is 0 Å². The van der Waals surface area contributed by atoms with E-state index in [2.05, 4.69) is 0 Å². The fourth-order valence-corrected chi connectivity index (χ4v) is 3.07. The number of ether oxygens (including phenoxy) is 1. The van der Waals surface area contributed by atoms with Crippen molar-refractivity contribution in [3.63, 3.8) is 0 Å². The van der Waals surface area contributed by atoms with Gasteiger partial charge in [0.05, 0.1) is 0 Å². The maximum absolute atomic E-state index is 11.8. The summed E-state index contributed by atoms with van der Waals surface area (Å²) in [5.74, 6) is 0.431. The maximum atomic E-state index is 11.8. The fraction of sp³-hybridized carbons (Fsp3) is 0.0476. The minimum absolute atomic E-state index is 0.0538. The molecule has 0 saturated heterocycles. The fourth-order valence-electron chi connectivity index (χ4n) is 3.07. The van der Waals surface area contributed by atoms with Crippen molar-refractivity contribution in [2.45, 2.75) is 6.92 Å². The molecule has 1 heterocycles. The monoisotopic (exact) mass is 346 g/mol. The van der Waals surface area contributed by atoms with E-state index in [-0.39, 0.29) is 11.2 Å². The van der Waals surface area contributed by atoms with Crippen LogP contribution in [0.5, 0.6) is 11.5 Å². The molecule has 4 rings (SSSR count). The van der Waals surface area contributed by atoms with Crippen LogP contribution in [-0.2, 0) is 4.79 Å². The van der Waals surface area contributed by atoms with E-state index in [0.29, 0.717) is 28.2 Å². The first kappa shape index (κ1) is 15.9. The molecule has 1 aliphatic heterocycles. The number of hydrogen-bond donors (Lipinski definition) is 1. The maximum Gasteiger partial charge on any atom is 0.308 e. The molecule has 1 N–H and O–H groups in total. The number of carbonyl (C=O) groups is 1. The third-order valence-corrected chi connectivity index (χ3v) is 4.09. The van der Waals surface area contributed by atoms with Crippen LogP contribution in [0.4, 0.5) is 0 Å². The number of aromatic hydroxyl groups is 1. The summed E-state index contributed by atoms with van der Waals surface area (Å²) < 4.78 is 11.2. The molecule has 5 nitrogen and oxygen atoms in total. The number of rotatable bonds is 2. The van der Waals surface area contributed by atoms with Gasteiger partial charge < -0.3 is 14.3 Å². The third kappa shape index (κ3) is 2.69. The average Bonchev–Trinajstić information content (AvgIpc) is 2.59. The van der Waals surface area contributed by atoms with Crippen molar-refractivity contribution in [2.24, 2.45) is 0 Å². The van der Waals surface area contributed by atoms with E-state index < -0.39 is 5.97 Å². The molecule has 2 aromatic rings. The van der Waals surface area contributed by atoms with E-state index in [4.69, 9.17) is 9.15 Å². The molecule has 0 spiro atoms. The Morgan fingerprint density at radius 1 is 1.00 bits per heavy atom. The Balaban J connectivity index is 2.14. The molecule has 0 amide bonds. The summed E-state index contributed by atoms with van der Waals surface area (Å²) >= 11 is 0. The lowest BCUT2D eigenvalue weighted by Crippen LogP contribution is -2.04. The first-order chi connectivity index (χ1) is 12.5. The molecule has 2 aliphatic rings. The first-order valence-corrected chi connectivity index (χ1v) is 8.00. The van der Waals surface area contributed by atoms with Crippen molar-refractivity contribution in [1.29, 1.82) is 0 Å². The summed E-state index contributed by atoms with van der Waals surface area (Å²) in [6, 6.07) is 16.5. The molecule has 0 bridgehead atoms. The second-order valence-corrected chi connectivity index (χ2v) is 5.91. The molecule has 0 radical (unpaired) electrons. The highest BCUT2D eigenvalue weighted by Gasteiger charge is 2.20. The first-order valence-electron chi connectivity index (χ1n) is 8.00. The van der Waals surface area contributed by atoms with Crippen LogP contribution in [0.25, 0.3) is 33.4 Å². The number of benzene rings is 3. The number of para-hydroxylation sites is 1. The Labute approximate surface area is 148 Å². The van der Waals surface area contributed by atoms with E-state index in [1.165, 1.54) is 25.1 Å². The lowest BCUT2D eigenvalue weighted by molar-refractivity contribution is -0.131. The molecule has 1 aliphatic carbocycles. The predicted octanol–water partition coefficient (Wildman–Crippen LogP) is 4.20. The van der Waals surface area contributed by atoms with Gasteiger partial charge >= 0.3 is 5.97 Å². The number of phenolic OH excluding ortho intramolecular Hbond substituents is 1. The Morgan fingerprint density at radius 3 is 2.62 bits per heavy atom. The van der Waals surface area contributed by atoms with Crippen LogP contribution >= 0.6 is 0 Å². The molecule has 128 valence electrons. The molecule has 26 heavy (non-hydrogen) atoms. The van der Waals surface area contributed by atoms with Crippen LogP contribution in [0.1, 0.15) is 6.92 Å². The lowest BCUT2D eigenvalue weighted by atomic mass is 9.93. The number of esters is 1. The summed E-state index contributed by atoms with van der Waals surface area (Å²) in [4.78, 5) is 23.3. The number of carbonyl (C=O) groups excluding carboxylic acids is 1. The van der Waals surface area contributed by atoms with Gasteiger partial charge in [-0.05, 0) is 30.3 Å². The minimum Gasteiger partial charge on any atom is -0.508 e. The van der Waals surface area contributed by atoms with Crippen LogP contribution < -0.4 is 10.2 Å². The molecule has 5 heteroatoms. The van der Waals surface area contributed by atoms with E-state index >= 15 is 0 Å². The summed E-state index contributed by atoms with van der Waals surface area (Å²) in [6.45, 7) is 1.34. The van der Waals surface area contributed by atoms with E-state index in [0.717, 1.165) is 10.9 Å². The highest BCUT2D eigenvalue weighted by molar-refractivity contribution is 6.03. The van der Waals surface area contributed by atoms with E-state index in [1.54, 1.807) is 30.3 Å². The van der Waals surface area contributed by atoms with Gasteiger partial charge in [-0.15, -0.1) is 0 Å². The zero-order valence-corrected chi connectivity index (χ0v) is 13.9. The van der Waals surface area contributed by atoms with Gasteiger partial charge in [0, 0.05) is 41.1 Å². The van der Waals surface area contributed by atoms with Crippen LogP contribution in [-0.4, -0.2) is 11.1 Å². The Kier molecular flexibility index (Phi) is 3.69. The normalized spacial score (nSPS) is 11.0. The average molecular weight is 346 g/mol. The molecule has 2 aromatic carbocycles. The molecule has 0 fully saturated rings. The highest BCUT2D eigenvalue weighted by Crippen LogP contribution is 2.43. The van der Waals surface area contributed by atoms with Gasteiger partial charge in [0.25, 0.3) is 0 Å². The molecule has 0 atom stereocenters. The number of hydrogen-bond acceptors (Lipinski definition) is 5. The van der Waals surface area contributed by atoms with Gasteiger partial charge in [-0.25, -0.2) is 0 Å². The number of phenols is 1. The quantitative estimate of drug-likeness (QED) is 0.334. The van der Waals surface area contributed by atoms with Crippen molar-refractivity contribution in [3.8, 4) is 33.9 Å². The van der Waals surface area contributed by atoms with Gasteiger partial charge in [-0.1, -0.05) is 18.2 Å². The molecule has 0 aromatic heterocycles. The van der Waals surface area contributed by atoms with Crippen LogP contribution in [0.3, 0.4) is 0 Å². The van der Waals surface area contributed by atoms with Gasteiger partial charge in [-0.3, -0.25) is 9.59 Å². The molecular formula is C21H14O5. The smallest absolute Gasteiger partial charge is 0.308 e. The SMILES string of the molecule is CC(=O)Oc1ccccc1-c1c2ccc(=O)cc-2oc2cc(O)ccc12. The summed E-state index contributed by atoms with van der Waals surface area (Å²) in [7, 11) is 0. The predicted molar refractivity (Wildman–Crippen MR) is 97.5 cm³/mol. The zero-order chi connectivity index (χ0) is 18.3. The molecule has 0 unspecified atom stereocenters. The van der Waals surface area contributed by atoms with Crippen molar-refractivity contribution < 1.29 is 19.1 Å². The van der Waals surface area contributed by atoms with Crippen LogP contribution in [0.15, 0.2) is 69.9 Å². The topological polar surface area (TPSA) is 76.7 Å². The molecular weight excluding hydrogens is 332 g/mol. The van der Waals surface area contributed by atoms with Crippen LogP contribution in [0.2, 0.25) is 0 Å². The number of fused-ring (bicyclic) bond motifs is 2. The van der Waals surface area contributed by atoms with Gasteiger partial charge in [0.2, 0.25) is 0 Å². The molecule has 0 saturated carbocycles. The summed E-state index contributed by atoms with van der Waals surface area (Å²) in [6.07, 6.45) is 0. The Morgan fingerprint density at radius 2 is 1.81 bits per heavy atom. The van der Waals surface area contributed by atoms with Gasteiger partial charge in [0.1, 0.15) is 22.8 Å². The highest BCUT2D eigenvalue weighted by atomic mass is 16.5. The standard InChI is InChI=1S/C21H14O5/c1-12(22)25-18-5-3-2-4-15(18)21-16-8-6-13(23)10-19(16)26-20-11-14(24)7-9-17(20)21/h2-11,23H,1H3. The van der Waals surface area contributed by atoms with Crippen molar-refractivity contribution >= 4 is 16.9 Å². The van der Waals surface area contributed by atoms with E-state index in [1.807, 2.05) is 12.1 Å². The van der Waals surface area contributed by atoms with Gasteiger partial charge in [0.15, 0.2) is 5.43 Å².